The van der Waals surface area contributed by atoms with Crippen LogP contribution in [0.15, 0.2) is 18.2 Å². The van der Waals surface area contributed by atoms with Crippen molar-refractivity contribution in [2.24, 2.45) is 0 Å². The molecule has 1 fully saturated rings. The fraction of sp³-hybridized carbons (Fsp3) is 0.500. The average molecular weight is 307 g/mol. The monoisotopic (exact) mass is 307 g/mol. The lowest BCUT2D eigenvalue weighted by Gasteiger charge is -2.23. The number of hydrogen-bond donors (Lipinski definition) is 1. The van der Waals surface area contributed by atoms with Gasteiger partial charge in [-0.1, -0.05) is 6.07 Å². The Morgan fingerprint density at radius 2 is 2.05 bits per heavy atom. The van der Waals surface area contributed by atoms with Crippen molar-refractivity contribution in [2.75, 3.05) is 13.7 Å². The summed E-state index contributed by atoms with van der Waals surface area (Å²) in [5.41, 5.74) is 0.145. The van der Waals surface area contributed by atoms with Crippen LogP contribution in [0.3, 0.4) is 0 Å². The van der Waals surface area contributed by atoms with Crippen LogP contribution >= 0.6 is 0 Å². The molecule has 2 amide bonds. The highest BCUT2D eigenvalue weighted by molar-refractivity contribution is 5.94. The van der Waals surface area contributed by atoms with Crippen molar-refractivity contribution in [3.8, 4) is 11.5 Å². The Balaban J connectivity index is 2.12. The van der Waals surface area contributed by atoms with E-state index in [1.165, 1.54) is 7.11 Å². The lowest BCUT2D eigenvalue weighted by atomic mass is 9.98. The minimum atomic E-state index is -0.645. The molecule has 120 valence electrons. The van der Waals surface area contributed by atoms with Crippen LogP contribution in [-0.2, 0) is 9.53 Å². The molecule has 22 heavy (non-hydrogen) atoms. The van der Waals surface area contributed by atoms with Gasteiger partial charge in [-0.15, -0.1) is 0 Å². The van der Waals surface area contributed by atoms with Gasteiger partial charge in [0.15, 0.2) is 11.5 Å². The molecule has 1 aliphatic heterocycles. The number of rotatable bonds is 2. The predicted molar refractivity (Wildman–Crippen MR) is 80.0 cm³/mol. The molecule has 0 spiro atoms. The van der Waals surface area contributed by atoms with Gasteiger partial charge in [0, 0.05) is 18.9 Å². The number of nitrogens with zero attached hydrogens (tertiary/aromatic N) is 1. The fourth-order valence-electron chi connectivity index (χ4n) is 2.39. The largest absolute Gasteiger partial charge is 0.504 e. The quantitative estimate of drug-likeness (QED) is 0.909. The van der Waals surface area contributed by atoms with E-state index < -0.39 is 11.7 Å². The van der Waals surface area contributed by atoms with Crippen molar-refractivity contribution in [3.63, 3.8) is 0 Å². The minimum Gasteiger partial charge on any atom is -0.504 e. The van der Waals surface area contributed by atoms with Gasteiger partial charge < -0.3 is 14.6 Å². The van der Waals surface area contributed by atoms with E-state index in [9.17, 15) is 14.7 Å². The van der Waals surface area contributed by atoms with E-state index in [-0.39, 0.29) is 30.5 Å². The Labute approximate surface area is 129 Å². The zero-order chi connectivity index (χ0) is 16.5. The molecular weight excluding hydrogens is 286 g/mol. The molecule has 2 rings (SSSR count). The van der Waals surface area contributed by atoms with E-state index >= 15 is 0 Å². The Bertz CT molecular complexity index is 591. The van der Waals surface area contributed by atoms with Crippen molar-refractivity contribution < 1.29 is 24.2 Å². The molecule has 6 nitrogen and oxygen atoms in total. The van der Waals surface area contributed by atoms with E-state index in [1.807, 2.05) is 0 Å². The number of aromatic hydroxyl groups is 1. The summed E-state index contributed by atoms with van der Waals surface area (Å²) in [6.45, 7) is 5.51. The Morgan fingerprint density at radius 3 is 2.59 bits per heavy atom. The number of imide groups is 1. The van der Waals surface area contributed by atoms with Gasteiger partial charge >= 0.3 is 6.09 Å². The van der Waals surface area contributed by atoms with Crippen LogP contribution in [0.1, 0.15) is 38.7 Å². The molecule has 1 N–H and O–H groups in total. The summed E-state index contributed by atoms with van der Waals surface area (Å²) in [5, 5.41) is 9.83. The molecule has 0 aliphatic carbocycles. The second-order valence-corrected chi connectivity index (χ2v) is 6.32. The zero-order valence-corrected chi connectivity index (χ0v) is 13.3. The molecule has 1 aromatic carbocycles. The Morgan fingerprint density at radius 1 is 1.36 bits per heavy atom. The van der Waals surface area contributed by atoms with E-state index in [4.69, 9.17) is 9.47 Å². The Kier molecular flexibility index (Phi) is 4.30. The maximum Gasteiger partial charge on any atom is 0.417 e. The van der Waals surface area contributed by atoms with E-state index in [0.29, 0.717) is 5.75 Å². The van der Waals surface area contributed by atoms with Crippen molar-refractivity contribution in [1.29, 1.82) is 0 Å². The third-order valence-corrected chi connectivity index (χ3v) is 3.41. The summed E-state index contributed by atoms with van der Waals surface area (Å²) < 4.78 is 10.2. The highest BCUT2D eigenvalue weighted by Crippen LogP contribution is 2.34. The summed E-state index contributed by atoms with van der Waals surface area (Å²) >= 11 is 0. The number of carbonyl (C=O) groups excluding carboxylic acids is 2. The lowest BCUT2D eigenvalue weighted by molar-refractivity contribution is -0.126. The number of carbonyl (C=O) groups is 2. The fourth-order valence-corrected chi connectivity index (χ4v) is 2.39. The molecule has 0 saturated carbocycles. The number of ether oxygens (including phenoxy) is 2. The first kappa shape index (κ1) is 16.1. The number of phenolic OH excluding ortho intramolecular Hbond substituents is 1. The normalized spacial score (nSPS) is 18.5. The second kappa shape index (κ2) is 5.87. The summed E-state index contributed by atoms with van der Waals surface area (Å²) in [6.07, 6.45) is -0.414. The van der Waals surface area contributed by atoms with Crippen LogP contribution in [0.25, 0.3) is 0 Å². The molecule has 1 saturated heterocycles. The third-order valence-electron chi connectivity index (χ3n) is 3.41. The van der Waals surface area contributed by atoms with Gasteiger partial charge in [0.2, 0.25) is 5.91 Å². The smallest absolute Gasteiger partial charge is 0.417 e. The molecule has 1 heterocycles. The number of hydrogen-bond acceptors (Lipinski definition) is 5. The number of methoxy groups -OCH3 is 1. The molecule has 1 aromatic rings. The maximum atomic E-state index is 12.0. The minimum absolute atomic E-state index is 0.0168. The first-order valence-electron chi connectivity index (χ1n) is 7.11. The van der Waals surface area contributed by atoms with Gasteiger partial charge in [0.25, 0.3) is 0 Å². The lowest BCUT2D eigenvalue weighted by Crippen LogP contribution is -2.37. The second-order valence-electron chi connectivity index (χ2n) is 6.32. The van der Waals surface area contributed by atoms with Crippen molar-refractivity contribution in [3.05, 3.63) is 23.8 Å². The van der Waals surface area contributed by atoms with Gasteiger partial charge in [-0.2, -0.15) is 0 Å². The molecule has 1 aliphatic rings. The average Bonchev–Trinajstić information content (AvgIpc) is 2.79. The summed E-state index contributed by atoms with van der Waals surface area (Å²) in [7, 11) is 1.47. The molecule has 0 aromatic heterocycles. The first-order valence-corrected chi connectivity index (χ1v) is 7.11. The van der Waals surface area contributed by atoms with Gasteiger partial charge in [-0.25, -0.2) is 9.69 Å². The number of likely N-dealkylation sites (tertiary alicyclic amines) is 1. The van der Waals surface area contributed by atoms with Gasteiger partial charge in [0.1, 0.15) is 5.60 Å². The van der Waals surface area contributed by atoms with Crippen LogP contribution in [0.5, 0.6) is 11.5 Å². The molecule has 1 atom stereocenters. The number of benzene rings is 1. The van der Waals surface area contributed by atoms with Gasteiger partial charge in [-0.3, -0.25) is 4.79 Å². The maximum absolute atomic E-state index is 12.0. The molecule has 6 heteroatoms. The topological polar surface area (TPSA) is 76.1 Å². The van der Waals surface area contributed by atoms with Gasteiger partial charge in [0.05, 0.1) is 7.11 Å². The highest BCUT2D eigenvalue weighted by atomic mass is 16.6. The van der Waals surface area contributed by atoms with Gasteiger partial charge in [-0.05, 0) is 38.5 Å². The summed E-state index contributed by atoms with van der Waals surface area (Å²) in [6, 6.07) is 5.00. The standard InChI is InChI=1S/C16H21NO5/c1-16(2,3)22-15(20)17-9-11(8-14(17)19)10-5-6-13(21-4)12(18)7-10/h5-7,11,18H,8-9H2,1-4H3. The summed E-state index contributed by atoms with van der Waals surface area (Å²) in [4.78, 5) is 25.2. The SMILES string of the molecule is COc1ccc(C2CC(=O)N(C(=O)OC(C)(C)C)C2)cc1O. The van der Waals surface area contributed by atoms with Crippen molar-refractivity contribution >= 4 is 12.0 Å². The molecule has 0 radical (unpaired) electrons. The van der Waals surface area contributed by atoms with Crippen LogP contribution in [0.4, 0.5) is 4.79 Å². The van der Waals surface area contributed by atoms with Crippen molar-refractivity contribution in [1.82, 2.24) is 4.90 Å². The van der Waals surface area contributed by atoms with Crippen LogP contribution in [0, 0.1) is 0 Å². The first-order chi connectivity index (χ1) is 10.2. The number of amides is 2. The van der Waals surface area contributed by atoms with Crippen LogP contribution in [-0.4, -0.2) is 41.3 Å². The highest BCUT2D eigenvalue weighted by Gasteiger charge is 2.37. The van der Waals surface area contributed by atoms with E-state index in [0.717, 1.165) is 10.5 Å². The van der Waals surface area contributed by atoms with E-state index in [1.54, 1.807) is 39.0 Å². The third kappa shape index (κ3) is 3.50. The van der Waals surface area contributed by atoms with Crippen molar-refractivity contribution in [2.45, 2.75) is 38.7 Å². The number of phenols is 1. The van der Waals surface area contributed by atoms with Crippen LogP contribution in [0.2, 0.25) is 0 Å². The molecule has 1 unspecified atom stereocenters. The summed E-state index contributed by atoms with van der Waals surface area (Å²) in [5.74, 6) is -0.0355. The van der Waals surface area contributed by atoms with Crippen LogP contribution < -0.4 is 4.74 Å². The molecular formula is C16H21NO5. The zero-order valence-electron chi connectivity index (χ0n) is 13.3. The Hall–Kier alpha value is -2.24. The molecule has 0 bridgehead atoms. The van der Waals surface area contributed by atoms with E-state index in [2.05, 4.69) is 0 Å². The predicted octanol–water partition coefficient (Wildman–Crippen LogP) is 2.65.